The molecule has 3 N–H and O–H groups in total. The summed E-state index contributed by atoms with van der Waals surface area (Å²) in [5.41, 5.74) is 12.1. The zero-order valence-electron chi connectivity index (χ0n) is 11.2. The highest BCUT2D eigenvalue weighted by atomic mass is 14.9. The van der Waals surface area contributed by atoms with Crippen molar-refractivity contribution in [2.24, 2.45) is 0 Å². The lowest BCUT2D eigenvalue weighted by molar-refractivity contribution is 0.529. The number of aromatic nitrogens is 1. The highest BCUT2D eigenvalue weighted by molar-refractivity contribution is 5.47. The molecule has 0 bridgehead atoms. The molecule has 1 heterocycles. The van der Waals surface area contributed by atoms with E-state index >= 15 is 0 Å². The van der Waals surface area contributed by atoms with Crippen LogP contribution in [0.25, 0.3) is 0 Å². The van der Waals surface area contributed by atoms with Gasteiger partial charge in [0.15, 0.2) is 0 Å². The second-order valence-corrected chi connectivity index (χ2v) is 5.23. The molecule has 1 unspecified atom stereocenters. The summed E-state index contributed by atoms with van der Waals surface area (Å²) in [4.78, 5) is 4.13. The second kappa shape index (κ2) is 5.02. The Bertz CT molecular complexity index is 592. The van der Waals surface area contributed by atoms with Crippen LogP contribution in [-0.2, 0) is 13.0 Å². The molecule has 0 fully saturated rings. The number of aryl methyl sites for hydroxylation is 2. The van der Waals surface area contributed by atoms with E-state index in [0.29, 0.717) is 6.04 Å². The van der Waals surface area contributed by atoms with E-state index in [0.717, 1.165) is 25.1 Å². The molecule has 0 radical (unpaired) electrons. The Kier molecular flexibility index (Phi) is 3.22. The summed E-state index contributed by atoms with van der Waals surface area (Å²) in [6.07, 6.45) is 6.05. The first kappa shape index (κ1) is 12.2. The van der Waals surface area contributed by atoms with Crippen molar-refractivity contribution in [1.82, 2.24) is 10.3 Å². The Balaban J connectivity index is 1.72. The lowest BCUT2D eigenvalue weighted by Crippen LogP contribution is -2.19. The zero-order chi connectivity index (χ0) is 13.2. The molecular formula is C16H19N3. The molecule has 3 rings (SSSR count). The second-order valence-electron chi connectivity index (χ2n) is 5.23. The number of nitrogens with zero attached hydrogens (tertiary/aromatic N) is 1. The van der Waals surface area contributed by atoms with E-state index in [9.17, 15) is 0 Å². The van der Waals surface area contributed by atoms with Crippen molar-refractivity contribution in [2.75, 3.05) is 5.73 Å². The summed E-state index contributed by atoms with van der Waals surface area (Å²) in [6, 6.07) is 8.80. The van der Waals surface area contributed by atoms with Crippen LogP contribution in [0.5, 0.6) is 0 Å². The van der Waals surface area contributed by atoms with Crippen molar-refractivity contribution < 1.29 is 0 Å². The number of nitrogens with one attached hydrogen (secondary N) is 1. The van der Waals surface area contributed by atoms with Crippen LogP contribution in [0.15, 0.2) is 36.7 Å². The number of nitrogen functional groups attached to an aromatic ring is 1. The van der Waals surface area contributed by atoms with Crippen molar-refractivity contribution in [3.8, 4) is 0 Å². The standard InChI is InChI=1S/C16H19N3/c1-11-9-18-7-6-13(11)10-19-16-5-2-12-8-14(17)3-4-15(12)16/h3-4,6-9,16,19H,2,5,10,17H2,1H3. The molecule has 1 aliphatic carbocycles. The smallest absolute Gasteiger partial charge is 0.0329 e. The third-order valence-electron chi connectivity index (χ3n) is 3.92. The first-order valence-electron chi connectivity index (χ1n) is 6.75. The number of anilines is 1. The van der Waals surface area contributed by atoms with Crippen molar-refractivity contribution in [3.05, 3.63) is 58.9 Å². The molecule has 98 valence electrons. The Labute approximate surface area is 113 Å². The lowest BCUT2D eigenvalue weighted by atomic mass is 10.1. The molecule has 0 amide bonds. The van der Waals surface area contributed by atoms with Gasteiger partial charge in [-0.15, -0.1) is 0 Å². The Morgan fingerprint density at radius 1 is 1.37 bits per heavy atom. The van der Waals surface area contributed by atoms with Crippen LogP contribution in [0.1, 0.15) is 34.7 Å². The lowest BCUT2D eigenvalue weighted by Gasteiger charge is -2.15. The molecule has 1 atom stereocenters. The van der Waals surface area contributed by atoms with E-state index in [4.69, 9.17) is 5.73 Å². The third kappa shape index (κ3) is 2.47. The zero-order valence-corrected chi connectivity index (χ0v) is 11.2. The maximum Gasteiger partial charge on any atom is 0.0329 e. The molecule has 2 aromatic rings. The fraction of sp³-hybridized carbons (Fsp3) is 0.312. The van der Waals surface area contributed by atoms with E-state index in [2.05, 4.69) is 35.4 Å². The predicted octanol–water partition coefficient (Wildman–Crippen LogP) is 2.75. The van der Waals surface area contributed by atoms with E-state index in [1.165, 1.54) is 22.3 Å². The first-order chi connectivity index (χ1) is 9.24. The van der Waals surface area contributed by atoms with Gasteiger partial charge in [0.1, 0.15) is 0 Å². The van der Waals surface area contributed by atoms with Gasteiger partial charge in [0.2, 0.25) is 0 Å². The van der Waals surface area contributed by atoms with Crippen LogP contribution in [0.2, 0.25) is 0 Å². The summed E-state index contributed by atoms with van der Waals surface area (Å²) >= 11 is 0. The number of hydrogen-bond donors (Lipinski definition) is 2. The average molecular weight is 253 g/mol. The maximum absolute atomic E-state index is 5.83. The van der Waals surface area contributed by atoms with Crippen LogP contribution in [0, 0.1) is 6.92 Å². The highest BCUT2D eigenvalue weighted by Gasteiger charge is 2.21. The summed E-state index contributed by atoms with van der Waals surface area (Å²) in [7, 11) is 0. The predicted molar refractivity (Wildman–Crippen MR) is 77.7 cm³/mol. The molecule has 3 nitrogen and oxygen atoms in total. The number of pyridine rings is 1. The maximum atomic E-state index is 5.83. The summed E-state index contributed by atoms with van der Waals surface area (Å²) in [5, 5.41) is 3.65. The number of rotatable bonds is 3. The van der Waals surface area contributed by atoms with Gasteiger partial charge >= 0.3 is 0 Å². The fourth-order valence-corrected chi connectivity index (χ4v) is 2.78. The van der Waals surface area contributed by atoms with Crippen molar-refractivity contribution in [1.29, 1.82) is 0 Å². The molecule has 1 aromatic carbocycles. The molecule has 0 spiro atoms. The summed E-state index contributed by atoms with van der Waals surface area (Å²) < 4.78 is 0. The van der Waals surface area contributed by atoms with Crippen molar-refractivity contribution in [3.63, 3.8) is 0 Å². The van der Waals surface area contributed by atoms with Crippen molar-refractivity contribution in [2.45, 2.75) is 32.4 Å². The summed E-state index contributed by atoms with van der Waals surface area (Å²) in [6.45, 7) is 3.00. The van der Waals surface area contributed by atoms with Gasteiger partial charge in [-0.25, -0.2) is 0 Å². The number of fused-ring (bicyclic) bond motifs is 1. The summed E-state index contributed by atoms with van der Waals surface area (Å²) in [5.74, 6) is 0. The first-order valence-corrected chi connectivity index (χ1v) is 6.75. The van der Waals surface area contributed by atoms with Gasteiger partial charge in [-0.1, -0.05) is 6.07 Å². The topological polar surface area (TPSA) is 50.9 Å². The van der Waals surface area contributed by atoms with Crippen LogP contribution in [0.3, 0.4) is 0 Å². The molecular weight excluding hydrogens is 234 g/mol. The van der Waals surface area contributed by atoms with Gasteiger partial charge in [-0.3, -0.25) is 4.98 Å². The largest absolute Gasteiger partial charge is 0.399 e. The van der Waals surface area contributed by atoms with Gasteiger partial charge in [-0.2, -0.15) is 0 Å². The Morgan fingerprint density at radius 2 is 2.26 bits per heavy atom. The molecule has 3 heteroatoms. The van der Waals surface area contributed by atoms with Crippen LogP contribution < -0.4 is 11.1 Å². The number of nitrogens with two attached hydrogens (primary N) is 1. The van der Waals surface area contributed by atoms with Gasteiger partial charge in [0, 0.05) is 30.7 Å². The van der Waals surface area contributed by atoms with Gasteiger partial charge in [-0.05, 0) is 60.2 Å². The SMILES string of the molecule is Cc1cnccc1CNC1CCc2cc(N)ccc21. The minimum absolute atomic E-state index is 0.447. The fourth-order valence-electron chi connectivity index (χ4n) is 2.78. The van der Waals surface area contributed by atoms with E-state index in [1.807, 2.05) is 18.5 Å². The Hall–Kier alpha value is -1.87. The normalized spacial score (nSPS) is 17.4. The minimum atomic E-state index is 0.447. The Morgan fingerprint density at radius 3 is 3.11 bits per heavy atom. The number of hydrogen-bond acceptors (Lipinski definition) is 3. The van der Waals surface area contributed by atoms with Crippen molar-refractivity contribution >= 4 is 5.69 Å². The van der Waals surface area contributed by atoms with Gasteiger partial charge in [0.05, 0.1) is 0 Å². The van der Waals surface area contributed by atoms with Crippen LogP contribution in [-0.4, -0.2) is 4.98 Å². The average Bonchev–Trinajstić information content (AvgIpc) is 2.80. The van der Waals surface area contributed by atoms with Gasteiger partial charge in [0.25, 0.3) is 0 Å². The van der Waals surface area contributed by atoms with E-state index in [1.54, 1.807) is 0 Å². The molecule has 0 saturated heterocycles. The van der Waals surface area contributed by atoms with E-state index in [-0.39, 0.29) is 0 Å². The molecule has 0 saturated carbocycles. The molecule has 19 heavy (non-hydrogen) atoms. The monoisotopic (exact) mass is 253 g/mol. The molecule has 0 aliphatic heterocycles. The van der Waals surface area contributed by atoms with Crippen LogP contribution >= 0.6 is 0 Å². The minimum Gasteiger partial charge on any atom is -0.399 e. The molecule has 1 aromatic heterocycles. The van der Waals surface area contributed by atoms with Crippen LogP contribution in [0.4, 0.5) is 5.69 Å². The van der Waals surface area contributed by atoms with Gasteiger partial charge < -0.3 is 11.1 Å². The third-order valence-corrected chi connectivity index (χ3v) is 3.92. The quantitative estimate of drug-likeness (QED) is 0.827. The molecule has 1 aliphatic rings. The van der Waals surface area contributed by atoms with E-state index < -0.39 is 0 Å². The number of benzene rings is 1. The highest BCUT2D eigenvalue weighted by Crippen LogP contribution is 2.32.